The van der Waals surface area contributed by atoms with Gasteiger partial charge in [-0.2, -0.15) is 0 Å². The summed E-state index contributed by atoms with van der Waals surface area (Å²) in [5, 5.41) is 2.65. The van der Waals surface area contributed by atoms with Gasteiger partial charge >= 0.3 is 6.09 Å². The Kier molecular flexibility index (Phi) is 6.06. The molecule has 3 heteroatoms. The summed E-state index contributed by atoms with van der Waals surface area (Å²) in [7, 11) is 0. The summed E-state index contributed by atoms with van der Waals surface area (Å²) in [4.78, 5) is 11.7. The largest absolute Gasteiger partial charge is 0.445 e. The molecule has 128 valence electrons. The van der Waals surface area contributed by atoms with Gasteiger partial charge in [0.15, 0.2) is 0 Å². The van der Waals surface area contributed by atoms with E-state index in [0.29, 0.717) is 0 Å². The van der Waals surface area contributed by atoms with Crippen molar-refractivity contribution >= 4 is 6.09 Å². The lowest BCUT2D eigenvalue weighted by Gasteiger charge is -2.05. The Labute approximate surface area is 153 Å². The van der Waals surface area contributed by atoms with Crippen molar-refractivity contribution in [2.24, 2.45) is 0 Å². The molecular weight excluding hydrogens is 322 g/mol. The molecule has 0 atom stereocenters. The van der Waals surface area contributed by atoms with Gasteiger partial charge < -0.3 is 10.1 Å². The average molecular weight is 341 g/mol. The van der Waals surface area contributed by atoms with Crippen LogP contribution in [0.1, 0.15) is 11.1 Å². The van der Waals surface area contributed by atoms with E-state index < -0.39 is 6.09 Å². The van der Waals surface area contributed by atoms with Crippen LogP contribution in [0.4, 0.5) is 4.79 Å². The van der Waals surface area contributed by atoms with Crippen molar-refractivity contribution in [1.82, 2.24) is 5.32 Å². The number of benzene rings is 3. The first-order chi connectivity index (χ1) is 12.8. The Morgan fingerprint density at radius 2 is 1.50 bits per heavy atom. The zero-order chi connectivity index (χ0) is 18.0. The minimum atomic E-state index is -0.473. The zero-order valence-electron chi connectivity index (χ0n) is 14.3. The smallest absolute Gasteiger partial charge is 0.408 e. The quantitative estimate of drug-likeness (QED) is 0.703. The highest BCUT2D eigenvalue weighted by Gasteiger charge is 2.02. The first-order valence-corrected chi connectivity index (χ1v) is 8.41. The van der Waals surface area contributed by atoms with Gasteiger partial charge in [-0.3, -0.25) is 0 Å². The third-order valence-electron chi connectivity index (χ3n) is 3.77. The normalized spacial score (nSPS) is 9.69. The summed E-state index contributed by atoms with van der Waals surface area (Å²) in [6, 6.07) is 27.6. The predicted molar refractivity (Wildman–Crippen MR) is 103 cm³/mol. The molecule has 0 aromatic heterocycles. The van der Waals surface area contributed by atoms with E-state index in [9.17, 15) is 4.79 Å². The van der Waals surface area contributed by atoms with Crippen molar-refractivity contribution in [1.29, 1.82) is 0 Å². The van der Waals surface area contributed by atoms with E-state index in [1.165, 1.54) is 0 Å². The molecule has 0 radical (unpaired) electrons. The van der Waals surface area contributed by atoms with E-state index in [1.807, 2.05) is 72.8 Å². The molecule has 0 aliphatic rings. The van der Waals surface area contributed by atoms with E-state index >= 15 is 0 Å². The van der Waals surface area contributed by atoms with E-state index in [-0.39, 0.29) is 13.2 Å². The highest BCUT2D eigenvalue weighted by molar-refractivity contribution is 5.71. The maximum atomic E-state index is 11.7. The lowest BCUT2D eigenvalue weighted by Crippen LogP contribution is -2.24. The number of nitrogens with one attached hydrogen (secondary N) is 1. The Balaban J connectivity index is 1.55. The van der Waals surface area contributed by atoms with Gasteiger partial charge in [-0.1, -0.05) is 90.7 Å². The molecule has 0 spiro atoms. The van der Waals surface area contributed by atoms with Crippen LogP contribution in [0.15, 0.2) is 84.9 Å². The van der Waals surface area contributed by atoms with Gasteiger partial charge in [-0.15, -0.1) is 0 Å². The number of hydrogen-bond donors (Lipinski definition) is 1. The molecule has 0 aliphatic heterocycles. The fourth-order valence-corrected chi connectivity index (χ4v) is 2.49. The van der Waals surface area contributed by atoms with Gasteiger partial charge in [0.25, 0.3) is 0 Å². The minimum absolute atomic E-state index is 0.233. The average Bonchev–Trinajstić information content (AvgIpc) is 2.71. The Morgan fingerprint density at radius 3 is 2.27 bits per heavy atom. The molecule has 26 heavy (non-hydrogen) atoms. The van der Waals surface area contributed by atoms with Crippen LogP contribution in [0.5, 0.6) is 0 Å². The van der Waals surface area contributed by atoms with Gasteiger partial charge in [0, 0.05) is 5.56 Å². The SMILES string of the molecule is O=C(NCC#Cc1ccccc1-c1ccccc1)OCc1ccccc1. The Hall–Kier alpha value is -3.51. The number of carbonyl (C=O) groups is 1. The molecule has 1 N–H and O–H groups in total. The zero-order valence-corrected chi connectivity index (χ0v) is 14.3. The summed E-state index contributed by atoms with van der Waals surface area (Å²) >= 11 is 0. The second-order valence-electron chi connectivity index (χ2n) is 5.63. The number of ether oxygens (including phenoxy) is 1. The molecule has 0 saturated heterocycles. The van der Waals surface area contributed by atoms with Gasteiger partial charge in [-0.25, -0.2) is 4.79 Å². The fourth-order valence-electron chi connectivity index (χ4n) is 2.49. The molecule has 0 bridgehead atoms. The van der Waals surface area contributed by atoms with Crippen LogP contribution in [0.2, 0.25) is 0 Å². The molecule has 3 nitrogen and oxygen atoms in total. The summed E-state index contributed by atoms with van der Waals surface area (Å²) in [6.07, 6.45) is -0.473. The number of alkyl carbamates (subject to hydrolysis) is 1. The highest BCUT2D eigenvalue weighted by Crippen LogP contribution is 2.22. The van der Waals surface area contributed by atoms with Crippen LogP contribution in [0, 0.1) is 11.8 Å². The Morgan fingerprint density at radius 1 is 0.846 bits per heavy atom. The lowest BCUT2D eigenvalue weighted by molar-refractivity contribution is 0.141. The minimum Gasteiger partial charge on any atom is -0.445 e. The topological polar surface area (TPSA) is 38.3 Å². The third kappa shape index (κ3) is 4.99. The molecule has 0 saturated carbocycles. The summed E-state index contributed by atoms with van der Waals surface area (Å²) in [6.45, 7) is 0.480. The van der Waals surface area contributed by atoms with Crippen molar-refractivity contribution in [3.8, 4) is 23.0 Å². The van der Waals surface area contributed by atoms with Gasteiger partial charge in [0.2, 0.25) is 0 Å². The van der Waals surface area contributed by atoms with Gasteiger partial charge in [0.05, 0.1) is 6.54 Å². The standard InChI is InChI=1S/C23H19NO2/c25-23(26-18-19-10-3-1-4-11-19)24-17-9-15-21-14-7-8-16-22(21)20-12-5-2-6-13-20/h1-8,10-14,16H,17-18H2,(H,24,25). The Bertz CT molecular complexity index is 909. The van der Waals surface area contributed by atoms with Crippen LogP contribution in [-0.4, -0.2) is 12.6 Å². The molecule has 3 aromatic carbocycles. The predicted octanol–water partition coefficient (Wildman–Crippen LogP) is 4.63. The van der Waals surface area contributed by atoms with E-state index in [0.717, 1.165) is 22.3 Å². The van der Waals surface area contributed by atoms with Crippen molar-refractivity contribution < 1.29 is 9.53 Å². The monoisotopic (exact) mass is 341 g/mol. The maximum Gasteiger partial charge on any atom is 0.408 e. The third-order valence-corrected chi connectivity index (χ3v) is 3.77. The van der Waals surface area contributed by atoms with Crippen molar-refractivity contribution in [2.45, 2.75) is 6.61 Å². The van der Waals surface area contributed by atoms with Crippen LogP contribution in [0.3, 0.4) is 0 Å². The molecule has 0 unspecified atom stereocenters. The van der Waals surface area contributed by atoms with Crippen molar-refractivity contribution in [3.63, 3.8) is 0 Å². The second kappa shape index (κ2) is 9.10. The van der Waals surface area contributed by atoms with Crippen molar-refractivity contribution in [2.75, 3.05) is 6.54 Å². The first kappa shape index (κ1) is 17.3. The van der Waals surface area contributed by atoms with Gasteiger partial charge in [-0.05, 0) is 22.8 Å². The molecule has 3 rings (SSSR count). The van der Waals surface area contributed by atoms with Crippen LogP contribution >= 0.6 is 0 Å². The summed E-state index contributed by atoms with van der Waals surface area (Å²) in [5.41, 5.74) is 4.07. The molecule has 0 heterocycles. The van der Waals surface area contributed by atoms with Crippen LogP contribution in [-0.2, 0) is 11.3 Å². The number of carbonyl (C=O) groups excluding carboxylic acids is 1. The first-order valence-electron chi connectivity index (χ1n) is 8.41. The molecule has 1 amide bonds. The second-order valence-corrected chi connectivity index (χ2v) is 5.63. The molecular formula is C23H19NO2. The van der Waals surface area contributed by atoms with Crippen LogP contribution < -0.4 is 5.32 Å². The molecule has 0 aliphatic carbocycles. The summed E-state index contributed by atoms with van der Waals surface area (Å²) < 4.78 is 5.16. The number of rotatable bonds is 4. The lowest BCUT2D eigenvalue weighted by atomic mass is 10.0. The van der Waals surface area contributed by atoms with Gasteiger partial charge in [0.1, 0.15) is 6.61 Å². The van der Waals surface area contributed by atoms with Crippen molar-refractivity contribution in [3.05, 3.63) is 96.1 Å². The summed E-state index contributed by atoms with van der Waals surface area (Å²) in [5.74, 6) is 6.10. The maximum absolute atomic E-state index is 11.7. The number of hydrogen-bond acceptors (Lipinski definition) is 2. The van der Waals surface area contributed by atoms with E-state index in [4.69, 9.17) is 4.74 Å². The van der Waals surface area contributed by atoms with E-state index in [1.54, 1.807) is 0 Å². The fraction of sp³-hybridized carbons (Fsp3) is 0.0870. The highest BCUT2D eigenvalue weighted by atomic mass is 16.5. The van der Waals surface area contributed by atoms with Crippen LogP contribution in [0.25, 0.3) is 11.1 Å². The molecule has 0 fully saturated rings. The molecule has 3 aromatic rings. The van der Waals surface area contributed by atoms with E-state index in [2.05, 4.69) is 29.3 Å². The number of amides is 1.